The maximum atomic E-state index is 13.0. The number of nitrogens with one attached hydrogen (secondary N) is 1. The van der Waals surface area contributed by atoms with E-state index in [1.807, 2.05) is 23.6 Å². The van der Waals surface area contributed by atoms with Gasteiger partial charge in [-0.15, -0.1) is 11.3 Å². The molecule has 9 heteroatoms. The first-order valence-electron chi connectivity index (χ1n) is 12.3. The van der Waals surface area contributed by atoms with Crippen molar-refractivity contribution in [2.45, 2.75) is 33.1 Å². The lowest BCUT2D eigenvalue weighted by Gasteiger charge is -2.19. The van der Waals surface area contributed by atoms with E-state index in [0.717, 1.165) is 16.7 Å². The van der Waals surface area contributed by atoms with Crippen molar-refractivity contribution in [3.05, 3.63) is 92.3 Å². The molecule has 0 spiro atoms. The van der Waals surface area contributed by atoms with Gasteiger partial charge in [-0.1, -0.05) is 80.4 Å². The third-order valence-electron chi connectivity index (χ3n) is 6.32. The highest BCUT2D eigenvalue weighted by molar-refractivity contribution is 7.14. The van der Waals surface area contributed by atoms with Gasteiger partial charge in [-0.05, 0) is 47.7 Å². The zero-order chi connectivity index (χ0) is 29.2. The second-order valence-electron chi connectivity index (χ2n) is 10.2. The molecule has 206 valence electrons. The van der Waals surface area contributed by atoms with Crippen LogP contribution in [0.2, 0.25) is 10.0 Å². The van der Waals surface area contributed by atoms with Crippen LogP contribution in [0, 0.1) is 0 Å². The summed E-state index contributed by atoms with van der Waals surface area (Å²) in [7, 11) is 1.63. The van der Waals surface area contributed by atoms with Crippen molar-refractivity contribution >= 4 is 57.6 Å². The minimum atomic E-state index is -1.09. The van der Waals surface area contributed by atoms with E-state index < -0.39 is 11.9 Å². The third-order valence-corrected chi connectivity index (χ3v) is 7.70. The van der Waals surface area contributed by atoms with Gasteiger partial charge in [0.05, 0.1) is 22.8 Å². The number of nitrogens with zero attached hydrogens (tertiary/aromatic N) is 1. The second kappa shape index (κ2) is 11.8. The van der Waals surface area contributed by atoms with E-state index in [0.29, 0.717) is 22.1 Å². The molecule has 4 rings (SSSR count). The number of anilines is 1. The summed E-state index contributed by atoms with van der Waals surface area (Å²) in [4.78, 5) is 28.7. The van der Waals surface area contributed by atoms with Gasteiger partial charge in [-0.25, -0.2) is 9.78 Å². The predicted molar refractivity (Wildman–Crippen MR) is 164 cm³/mol. The number of para-hydroxylation sites is 1. The summed E-state index contributed by atoms with van der Waals surface area (Å²) < 4.78 is 5.83. The molecule has 0 aliphatic carbocycles. The first-order valence-corrected chi connectivity index (χ1v) is 14.0. The highest BCUT2D eigenvalue weighted by atomic mass is 35.5. The minimum absolute atomic E-state index is 0.0566. The summed E-state index contributed by atoms with van der Waals surface area (Å²) in [5, 5.41) is 14.5. The van der Waals surface area contributed by atoms with E-state index in [4.69, 9.17) is 33.0 Å². The van der Waals surface area contributed by atoms with E-state index in [1.54, 1.807) is 7.11 Å². The number of aromatic nitrogens is 1. The van der Waals surface area contributed by atoms with Crippen LogP contribution in [0.4, 0.5) is 5.13 Å². The Morgan fingerprint density at radius 3 is 2.23 bits per heavy atom. The van der Waals surface area contributed by atoms with Gasteiger partial charge in [0.25, 0.3) is 5.91 Å². The molecule has 0 unspecified atom stereocenters. The van der Waals surface area contributed by atoms with Crippen LogP contribution in [0.1, 0.15) is 49.2 Å². The molecule has 0 bridgehead atoms. The Bertz CT molecular complexity index is 1600. The van der Waals surface area contributed by atoms with Crippen molar-refractivity contribution in [2.24, 2.45) is 0 Å². The molecular formula is C31H28Cl2N2O4S. The number of aliphatic carboxylic acids is 1. The second-order valence-corrected chi connectivity index (χ2v) is 11.9. The van der Waals surface area contributed by atoms with Crippen molar-refractivity contribution < 1.29 is 19.4 Å². The first kappa shape index (κ1) is 29.3. The number of ether oxygens (including phenoxy) is 1. The first-order chi connectivity index (χ1) is 18.9. The number of carbonyl (C=O) groups is 2. The number of amides is 1. The molecule has 40 heavy (non-hydrogen) atoms. The van der Waals surface area contributed by atoms with Crippen molar-refractivity contribution in [3.63, 3.8) is 0 Å². The fourth-order valence-electron chi connectivity index (χ4n) is 4.09. The molecule has 0 fully saturated rings. The fourth-order valence-corrected chi connectivity index (χ4v) is 5.39. The van der Waals surface area contributed by atoms with Crippen LogP contribution in [0.3, 0.4) is 0 Å². The van der Waals surface area contributed by atoms with E-state index in [1.165, 1.54) is 42.0 Å². The number of halogens is 2. The predicted octanol–water partition coefficient (Wildman–Crippen LogP) is 8.83. The van der Waals surface area contributed by atoms with Gasteiger partial charge in [0.1, 0.15) is 5.75 Å². The molecule has 6 nitrogen and oxygen atoms in total. The molecular weight excluding hydrogens is 567 g/mol. The van der Waals surface area contributed by atoms with Crippen LogP contribution >= 0.6 is 34.5 Å². The summed E-state index contributed by atoms with van der Waals surface area (Å²) in [5.74, 6) is -0.850. The van der Waals surface area contributed by atoms with E-state index in [9.17, 15) is 9.59 Å². The Labute approximate surface area is 247 Å². The van der Waals surface area contributed by atoms with Gasteiger partial charge in [-0.3, -0.25) is 10.1 Å². The average Bonchev–Trinajstić information content (AvgIpc) is 3.37. The zero-order valence-corrected chi connectivity index (χ0v) is 25.0. The van der Waals surface area contributed by atoms with E-state index in [-0.39, 0.29) is 26.6 Å². The van der Waals surface area contributed by atoms with Crippen LogP contribution < -0.4 is 10.1 Å². The van der Waals surface area contributed by atoms with Gasteiger partial charge in [0.2, 0.25) is 0 Å². The molecule has 0 aliphatic rings. The number of hydrogen-bond donors (Lipinski definition) is 2. The maximum Gasteiger partial charge on any atom is 0.331 e. The number of carboxylic acid groups (broad SMARTS) is 1. The number of rotatable bonds is 7. The summed E-state index contributed by atoms with van der Waals surface area (Å²) in [6.45, 7) is 7.98. The van der Waals surface area contributed by atoms with Gasteiger partial charge in [0.15, 0.2) is 5.13 Å². The Morgan fingerprint density at radius 2 is 1.65 bits per heavy atom. The van der Waals surface area contributed by atoms with Crippen LogP contribution in [0.25, 0.3) is 28.5 Å². The standard InChI is InChI=1S/C31H28Cl2N2O4S/c1-17(29(37)38)13-23-24(32)14-19(15-25(23)33)28(36)35-30-34-26(16-40-30)22-8-6-7-21(27(22)39-5)18-9-11-20(12-10-18)31(2,3)4/h6-16H,1-5H3,(H,37,38)(H,34,35,36)/b17-13+. The SMILES string of the molecule is COc1c(-c2ccc(C(C)(C)C)cc2)cccc1-c1csc(NC(=O)c2cc(Cl)c(/C=C(\C)C(=O)O)c(Cl)c2)n1. The quantitative estimate of drug-likeness (QED) is 0.209. The highest BCUT2D eigenvalue weighted by Crippen LogP contribution is 2.40. The molecule has 0 saturated heterocycles. The van der Waals surface area contributed by atoms with Crippen molar-refractivity contribution in [2.75, 3.05) is 12.4 Å². The number of carbonyl (C=O) groups excluding carboxylic acids is 1. The van der Waals surface area contributed by atoms with Crippen LogP contribution in [-0.2, 0) is 10.2 Å². The highest BCUT2D eigenvalue weighted by Gasteiger charge is 2.19. The summed E-state index contributed by atoms with van der Waals surface area (Å²) in [6, 6.07) is 17.2. The molecule has 1 heterocycles. The molecule has 0 aliphatic heterocycles. The lowest BCUT2D eigenvalue weighted by Crippen LogP contribution is -2.12. The fraction of sp³-hybridized carbons (Fsp3) is 0.194. The molecule has 0 radical (unpaired) electrons. The maximum absolute atomic E-state index is 13.0. The Hall–Kier alpha value is -3.65. The molecule has 2 N–H and O–H groups in total. The largest absolute Gasteiger partial charge is 0.495 e. The average molecular weight is 596 g/mol. The van der Waals surface area contributed by atoms with Crippen LogP contribution in [-0.4, -0.2) is 29.1 Å². The Balaban J connectivity index is 1.59. The van der Waals surface area contributed by atoms with Crippen LogP contribution in [0.5, 0.6) is 5.75 Å². The molecule has 4 aromatic rings. The van der Waals surface area contributed by atoms with Crippen molar-refractivity contribution in [3.8, 4) is 28.1 Å². The molecule has 0 saturated carbocycles. The molecule has 1 aromatic heterocycles. The number of thiazole rings is 1. The minimum Gasteiger partial charge on any atom is -0.495 e. The number of benzene rings is 3. The topological polar surface area (TPSA) is 88.5 Å². The van der Waals surface area contributed by atoms with E-state index in [2.05, 4.69) is 55.3 Å². The molecule has 0 atom stereocenters. The van der Waals surface area contributed by atoms with Crippen molar-refractivity contribution in [1.29, 1.82) is 0 Å². The Morgan fingerprint density at radius 1 is 1.02 bits per heavy atom. The number of methoxy groups -OCH3 is 1. The lowest BCUT2D eigenvalue weighted by molar-refractivity contribution is -0.132. The van der Waals surface area contributed by atoms with Gasteiger partial charge in [0, 0.05) is 33.2 Å². The van der Waals surface area contributed by atoms with Gasteiger partial charge in [-0.2, -0.15) is 0 Å². The van der Waals surface area contributed by atoms with E-state index >= 15 is 0 Å². The lowest BCUT2D eigenvalue weighted by atomic mass is 9.86. The Kier molecular flexibility index (Phi) is 8.68. The van der Waals surface area contributed by atoms with Crippen molar-refractivity contribution in [1.82, 2.24) is 4.98 Å². The van der Waals surface area contributed by atoms with Crippen LogP contribution in [0.15, 0.2) is 65.6 Å². The normalized spacial score (nSPS) is 11.8. The number of hydrogen-bond acceptors (Lipinski definition) is 5. The smallest absolute Gasteiger partial charge is 0.331 e. The van der Waals surface area contributed by atoms with Gasteiger partial charge >= 0.3 is 5.97 Å². The molecule has 1 amide bonds. The monoisotopic (exact) mass is 594 g/mol. The number of carboxylic acids is 1. The summed E-state index contributed by atoms with van der Waals surface area (Å²) in [5.41, 5.74) is 5.34. The third kappa shape index (κ3) is 6.39. The molecule has 3 aromatic carbocycles. The zero-order valence-electron chi connectivity index (χ0n) is 22.6. The summed E-state index contributed by atoms with van der Waals surface area (Å²) >= 11 is 13.9. The summed E-state index contributed by atoms with van der Waals surface area (Å²) in [6.07, 6.45) is 1.36. The van der Waals surface area contributed by atoms with Gasteiger partial charge < -0.3 is 9.84 Å².